The topological polar surface area (TPSA) is 32.3 Å². The fourth-order valence-electron chi connectivity index (χ4n) is 2.52. The Morgan fingerprint density at radius 1 is 1.28 bits per heavy atom. The summed E-state index contributed by atoms with van der Waals surface area (Å²) in [5.74, 6) is 0.186. The highest BCUT2D eigenvalue weighted by molar-refractivity contribution is 5.96. The van der Waals surface area contributed by atoms with Gasteiger partial charge in [-0.15, -0.1) is 0 Å². The molecule has 3 nitrogen and oxygen atoms in total. The van der Waals surface area contributed by atoms with Gasteiger partial charge in [0.1, 0.15) is 0 Å². The van der Waals surface area contributed by atoms with Gasteiger partial charge in [0, 0.05) is 24.7 Å². The Balaban J connectivity index is 2.10. The molecule has 2 rings (SSSR count). The van der Waals surface area contributed by atoms with Gasteiger partial charge in [-0.2, -0.15) is 0 Å². The number of rotatable bonds is 2. The number of carbonyl (C=O) groups excluding carboxylic acids is 1. The molecule has 0 unspecified atom stereocenters. The lowest BCUT2D eigenvalue weighted by Gasteiger charge is -2.32. The molecule has 0 aromatic heterocycles. The number of hydrogen-bond donors (Lipinski definition) is 1. The van der Waals surface area contributed by atoms with Gasteiger partial charge in [-0.1, -0.05) is 12.1 Å². The van der Waals surface area contributed by atoms with Crippen LogP contribution in [-0.4, -0.2) is 37.0 Å². The van der Waals surface area contributed by atoms with E-state index in [0.29, 0.717) is 6.04 Å². The van der Waals surface area contributed by atoms with Gasteiger partial charge >= 0.3 is 0 Å². The molecule has 1 amide bonds. The fourth-order valence-corrected chi connectivity index (χ4v) is 2.52. The van der Waals surface area contributed by atoms with Gasteiger partial charge in [-0.25, -0.2) is 0 Å². The monoisotopic (exact) mass is 246 g/mol. The zero-order chi connectivity index (χ0) is 13.1. The normalized spacial score (nSPS) is 16.9. The number of amides is 1. The summed E-state index contributed by atoms with van der Waals surface area (Å²) >= 11 is 0. The molecule has 0 spiro atoms. The van der Waals surface area contributed by atoms with Crippen LogP contribution in [0.3, 0.4) is 0 Å². The maximum Gasteiger partial charge on any atom is 0.254 e. The summed E-state index contributed by atoms with van der Waals surface area (Å²) in [6.07, 6.45) is 2.10. The highest BCUT2D eigenvalue weighted by Crippen LogP contribution is 2.18. The van der Waals surface area contributed by atoms with E-state index < -0.39 is 0 Å². The molecule has 1 heterocycles. The van der Waals surface area contributed by atoms with Crippen molar-refractivity contribution in [2.45, 2.75) is 32.7 Å². The molecule has 1 fully saturated rings. The zero-order valence-corrected chi connectivity index (χ0v) is 11.5. The van der Waals surface area contributed by atoms with Gasteiger partial charge in [0.05, 0.1) is 0 Å². The second-order valence-electron chi connectivity index (χ2n) is 5.10. The van der Waals surface area contributed by atoms with Crippen molar-refractivity contribution in [2.24, 2.45) is 0 Å². The number of benzene rings is 1. The van der Waals surface area contributed by atoms with Crippen LogP contribution in [0.15, 0.2) is 18.2 Å². The summed E-state index contributed by atoms with van der Waals surface area (Å²) in [5.41, 5.74) is 3.15. The van der Waals surface area contributed by atoms with Crippen molar-refractivity contribution < 1.29 is 4.79 Å². The van der Waals surface area contributed by atoms with Crippen LogP contribution in [0.25, 0.3) is 0 Å². The molecule has 0 atom stereocenters. The van der Waals surface area contributed by atoms with Crippen molar-refractivity contribution in [3.05, 3.63) is 34.9 Å². The Labute approximate surface area is 109 Å². The van der Waals surface area contributed by atoms with Gasteiger partial charge in [0.15, 0.2) is 0 Å². The summed E-state index contributed by atoms with van der Waals surface area (Å²) in [5, 5.41) is 3.29. The van der Waals surface area contributed by atoms with Crippen LogP contribution in [0, 0.1) is 13.8 Å². The first kappa shape index (κ1) is 13.1. The predicted octanol–water partition coefficient (Wildman–Crippen LogP) is 2.13. The molecule has 0 saturated carbocycles. The van der Waals surface area contributed by atoms with Crippen molar-refractivity contribution in [3.8, 4) is 0 Å². The average molecular weight is 246 g/mol. The third kappa shape index (κ3) is 2.56. The molecule has 1 aliphatic rings. The molecule has 1 saturated heterocycles. The van der Waals surface area contributed by atoms with E-state index in [4.69, 9.17) is 0 Å². The summed E-state index contributed by atoms with van der Waals surface area (Å²) in [7, 11) is 1.99. The second kappa shape index (κ2) is 5.53. The third-order valence-electron chi connectivity index (χ3n) is 4.03. The van der Waals surface area contributed by atoms with Crippen molar-refractivity contribution in [1.82, 2.24) is 10.2 Å². The number of nitrogens with zero attached hydrogens (tertiary/aromatic N) is 1. The van der Waals surface area contributed by atoms with E-state index in [-0.39, 0.29) is 5.91 Å². The number of nitrogens with one attached hydrogen (secondary N) is 1. The molecule has 0 aliphatic carbocycles. The third-order valence-corrected chi connectivity index (χ3v) is 4.03. The number of piperidine rings is 1. The summed E-state index contributed by atoms with van der Waals surface area (Å²) in [6, 6.07) is 6.53. The Hall–Kier alpha value is -1.35. The van der Waals surface area contributed by atoms with Gasteiger partial charge in [0.2, 0.25) is 0 Å². The lowest BCUT2D eigenvalue weighted by molar-refractivity contribution is 0.0706. The Kier molecular flexibility index (Phi) is 4.02. The maximum atomic E-state index is 12.5. The molecule has 0 bridgehead atoms. The molecular weight excluding hydrogens is 224 g/mol. The van der Waals surface area contributed by atoms with Gasteiger partial charge in [-0.05, 0) is 50.9 Å². The van der Waals surface area contributed by atoms with Gasteiger partial charge < -0.3 is 10.2 Å². The lowest BCUT2D eigenvalue weighted by Crippen LogP contribution is -2.44. The first-order chi connectivity index (χ1) is 8.63. The molecule has 1 aromatic carbocycles. The smallest absolute Gasteiger partial charge is 0.254 e. The van der Waals surface area contributed by atoms with Crippen LogP contribution in [0.4, 0.5) is 0 Å². The molecule has 3 heteroatoms. The Morgan fingerprint density at radius 3 is 2.56 bits per heavy atom. The summed E-state index contributed by atoms with van der Waals surface area (Å²) in [6.45, 7) is 5.80. The minimum atomic E-state index is 0.186. The highest BCUT2D eigenvalue weighted by Gasteiger charge is 2.23. The first-order valence-electron chi connectivity index (χ1n) is 6.66. The standard InChI is InChI=1S/C15H22N2O/c1-11-5-4-6-14(12(11)2)15(18)17-9-7-13(16-3)8-10-17/h4-6,13,16H,7-10H2,1-3H3. The highest BCUT2D eigenvalue weighted by atomic mass is 16.2. The van der Waals surface area contributed by atoms with E-state index in [1.165, 1.54) is 5.56 Å². The lowest BCUT2D eigenvalue weighted by atomic mass is 10.00. The molecule has 18 heavy (non-hydrogen) atoms. The van der Waals surface area contributed by atoms with Crippen LogP contribution >= 0.6 is 0 Å². The van der Waals surface area contributed by atoms with Crippen LogP contribution < -0.4 is 5.32 Å². The van der Waals surface area contributed by atoms with Crippen molar-refractivity contribution in [2.75, 3.05) is 20.1 Å². The van der Waals surface area contributed by atoms with E-state index in [9.17, 15) is 4.79 Å². The summed E-state index contributed by atoms with van der Waals surface area (Å²) < 4.78 is 0. The van der Waals surface area contributed by atoms with Crippen LogP contribution in [0.2, 0.25) is 0 Å². The summed E-state index contributed by atoms with van der Waals surface area (Å²) in [4.78, 5) is 14.5. The quantitative estimate of drug-likeness (QED) is 0.867. The Bertz CT molecular complexity index is 434. The van der Waals surface area contributed by atoms with E-state index in [1.54, 1.807) is 0 Å². The molecule has 1 aliphatic heterocycles. The second-order valence-corrected chi connectivity index (χ2v) is 5.10. The Morgan fingerprint density at radius 2 is 1.94 bits per heavy atom. The molecule has 0 radical (unpaired) electrons. The number of likely N-dealkylation sites (tertiary alicyclic amines) is 1. The van der Waals surface area contributed by atoms with Crippen molar-refractivity contribution >= 4 is 5.91 Å². The van der Waals surface area contributed by atoms with E-state index in [1.807, 2.05) is 31.0 Å². The van der Waals surface area contributed by atoms with Gasteiger partial charge in [0.25, 0.3) is 5.91 Å². The first-order valence-corrected chi connectivity index (χ1v) is 6.66. The average Bonchev–Trinajstić information content (AvgIpc) is 2.41. The van der Waals surface area contributed by atoms with E-state index in [0.717, 1.165) is 37.1 Å². The fraction of sp³-hybridized carbons (Fsp3) is 0.533. The molecular formula is C15H22N2O. The number of hydrogen-bond acceptors (Lipinski definition) is 2. The van der Waals surface area contributed by atoms with Crippen molar-refractivity contribution in [1.29, 1.82) is 0 Å². The SMILES string of the molecule is CNC1CCN(C(=O)c2cccc(C)c2C)CC1. The van der Waals surface area contributed by atoms with E-state index >= 15 is 0 Å². The minimum Gasteiger partial charge on any atom is -0.339 e. The zero-order valence-electron chi connectivity index (χ0n) is 11.5. The number of aryl methyl sites for hydroxylation is 1. The maximum absolute atomic E-state index is 12.5. The number of carbonyl (C=O) groups is 1. The van der Waals surface area contributed by atoms with Crippen molar-refractivity contribution in [3.63, 3.8) is 0 Å². The van der Waals surface area contributed by atoms with E-state index in [2.05, 4.69) is 18.3 Å². The minimum absolute atomic E-state index is 0.186. The molecule has 1 aromatic rings. The molecule has 1 N–H and O–H groups in total. The van der Waals surface area contributed by atoms with Crippen LogP contribution in [0.5, 0.6) is 0 Å². The van der Waals surface area contributed by atoms with Crippen LogP contribution in [0.1, 0.15) is 34.3 Å². The largest absolute Gasteiger partial charge is 0.339 e. The van der Waals surface area contributed by atoms with Gasteiger partial charge in [-0.3, -0.25) is 4.79 Å². The molecule has 98 valence electrons. The van der Waals surface area contributed by atoms with Crippen LogP contribution in [-0.2, 0) is 0 Å². The predicted molar refractivity (Wildman–Crippen MR) is 73.9 cm³/mol.